The van der Waals surface area contributed by atoms with Crippen LogP contribution in [-0.4, -0.2) is 16.3 Å². The number of hydrogen-bond acceptors (Lipinski definition) is 3. The number of nitrogens with zero attached hydrogens (tertiary/aromatic N) is 2. The maximum absolute atomic E-state index is 5.30. The lowest BCUT2D eigenvalue weighted by molar-refractivity contribution is 0.519. The normalized spacial score (nSPS) is 12.9. The van der Waals surface area contributed by atoms with Crippen molar-refractivity contribution in [3.05, 3.63) is 40.5 Å². The van der Waals surface area contributed by atoms with Crippen molar-refractivity contribution in [3.8, 4) is 0 Å². The summed E-state index contributed by atoms with van der Waals surface area (Å²) in [5, 5.41) is 7.93. The van der Waals surface area contributed by atoms with E-state index in [0.717, 1.165) is 28.9 Å². The van der Waals surface area contributed by atoms with Crippen LogP contribution in [-0.2, 0) is 7.05 Å². The minimum absolute atomic E-state index is 0.0734. The van der Waals surface area contributed by atoms with Gasteiger partial charge in [0.05, 0.1) is 18.0 Å². The molecular formula is C12H16BrN3O. The van der Waals surface area contributed by atoms with Gasteiger partial charge in [0.25, 0.3) is 0 Å². The van der Waals surface area contributed by atoms with Gasteiger partial charge in [-0.3, -0.25) is 4.68 Å². The fourth-order valence-corrected chi connectivity index (χ4v) is 2.23. The van der Waals surface area contributed by atoms with E-state index in [-0.39, 0.29) is 6.04 Å². The summed E-state index contributed by atoms with van der Waals surface area (Å²) in [6.07, 6.45) is 4.71. The summed E-state index contributed by atoms with van der Waals surface area (Å²) in [6.45, 7) is 3.09. The first-order chi connectivity index (χ1) is 8.22. The van der Waals surface area contributed by atoms with Crippen LogP contribution in [0.4, 0.5) is 0 Å². The molecule has 1 atom stereocenters. The Bertz CT molecular complexity index is 478. The second kappa shape index (κ2) is 5.51. The Morgan fingerprint density at radius 1 is 1.53 bits per heavy atom. The first kappa shape index (κ1) is 12.4. The molecule has 2 heterocycles. The molecule has 0 aromatic carbocycles. The Labute approximate surface area is 109 Å². The summed E-state index contributed by atoms with van der Waals surface area (Å²) < 4.78 is 7.87. The molecule has 0 aliphatic rings. The Morgan fingerprint density at radius 2 is 2.35 bits per heavy atom. The third kappa shape index (κ3) is 2.79. The molecule has 2 aromatic heterocycles. The van der Waals surface area contributed by atoms with E-state index < -0.39 is 0 Å². The highest BCUT2D eigenvalue weighted by Gasteiger charge is 2.20. The quantitative estimate of drug-likeness (QED) is 0.923. The van der Waals surface area contributed by atoms with Gasteiger partial charge in [-0.2, -0.15) is 5.10 Å². The van der Waals surface area contributed by atoms with Crippen LogP contribution in [0, 0.1) is 0 Å². The zero-order valence-electron chi connectivity index (χ0n) is 9.98. The molecule has 1 unspecified atom stereocenters. The van der Waals surface area contributed by atoms with Gasteiger partial charge in [-0.15, -0.1) is 0 Å². The smallest absolute Gasteiger partial charge is 0.174 e. The molecule has 4 nitrogen and oxygen atoms in total. The van der Waals surface area contributed by atoms with E-state index in [1.807, 2.05) is 30.1 Å². The molecule has 1 N–H and O–H groups in total. The van der Waals surface area contributed by atoms with Crippen LogP contribution in [0.15, 0.2) is 33.7 Å². The summed E-state index contributed by atoms with van der Waals surface area (Å²) in [5.74, 6) is 0. The predicted molar refractivity (Wildman–Crippen MR) is 69.8 cm³/mol. The van der Waals surface area contributed by atoms with E-state index in [0.29, 0.717) is 0 Å². The zero-order chi connectivity index (χ0) is 12.3. The van der Waals surface area contributed by atoms with Crippen LogP contribution in [0.5, 0.6) is 0 Å². The minimum atomic E-state index is 0.0734. The van der Waals surface area contributed by atoms with Crippen LogP contribution in [0.25, 0.3) is 0 Å². The Balaban J connectivity index is 2.28. The highest BCUT2D eigenvalue weighted by molar-refractivity contribution is 9.10. The third-order valence-corrected chi connectivity index (χ3v) is 3.23. The zero-order valence-corrected chi connectivity index (χ0v) is 11.6. The number of aryl methyl sites for hydroxylation is 1. The van der Waals surface area contributed by atoms with Gasteiger partial charge >= 0.3 is 0 Å². The van der Waals surface area contributed by atoms with Crippen molar-refractivity contribution >= 4 is 15.9 Å². The van der Waals surface area contributed by atoms with Crippen molar-refractivity contribution in [1.29, 1.82) is 0 Å². The minimum Gasteiger partial charge on any atom is -0.457 e. The van der Waals surface area contributed by atoms with Crippen LogP contribution in [0.2, 0.25) is 0 Å². The van der Waals surface area contributed by atoms with Gasteiger partial charge < -0.3 is 9.73 Å². The van der Waals surface area contributed by atoms with Gasteiger partial charge in [0.15, 0.2) is 4.67 Å². The van der Waals surface area contributed by atoms with Crippen molar-refractivity contribution in [1.82, 2.24) is 15.1 Å². The highest BCUT2D eigenvalue weighted by Crippen LogP contribution is 2.28. The Hall–Kier alpha value is -1.07. The molecule has 92 valence electrons. The Kier molecular flexibility index (Phi) is 4.02. The van der Waals surface area contributed by atoms with Gasteiger partial charge in [0.2, 0.25) is 0 Å². The van der Waals surface area contributed by atoms with E-state index in [4.69, 9.17) is 4.42 Å². The molecule has 0 saturated carbocycles. The number of halogens is 1. The molecule has 0 amide bonds. The van der Waals surface area contributed by atoms with E-state index in [1.165, 1.54) is 0 Å². The predicted octanol–water partition coefficient (Wildman–Crippen LogP) is 2.86. The molecule has 0 aliphatic heterocycles. The average Bonchev–Trinajstić information content (AvgIpc) is 2.90. The van der Waals surface area contributed by atoms with Crippen LogP contribution >= 0.6 is 15.9 Å². The van der Waals surface area contributed by atoms with E-state index in [1.54, 1.807) is 6.26 Å². The molecule has 17 heavy (non-hydrogen) atoms. The second-order valence-electron chi connectivity index (χ2n) is 3.95. The average molecular weight is 298 g/mol. The van der Waals surface area contributed by atoms with Crippen molar-refractivity contribution < 1.29 is 4.42 Å². The Morgan fingerprint density at radius 3 is 2.88 bits per heavy atom. The SMILES string of the molecule is CCCNC(c1ccn(C)n1)c1ccoc1Br. The number of hydrogen-bond donors (Lipinski definition) is 1. The lowest BCUT2D eigenvalue weighted by atomic mass is 10.1. The molecule has 0 radical (unpaired) electrons. The molecule has 2 aromatic rings. The second-order valence-corrected chi connectivity index (χ2v) is 4.67. The highest BCUT2D eigenvalue weighted by atomic mass is 79.9. The van der Waals surface area contributed by atoms with Crippen molar-refractivity contribution in [3.63, 3.8) is 0 Å². The summed E-state index contributed by atoms with van der Waals surface area (Å²) in [5.41, 5.74) is 2.08. The fourth-order valence-electron chi connectivity index (χ4n) is 1.76. The van der Waals surface area contributed by atoms with Crippen LogP contribution in [0.1, 0.15) is 30.6 Å². The summed E-state index contributed by atoms with van der Waals surface area (Å²) >= 11 is 3.42. The largest absolute Gasteiger partial charge is 0.457 e. The number of aromatic nitrogens is 2. The standard InChI is InChI=1S/C12H16BrN3O/c1-3-6-14-11(9-5-8-17-12(9)13)10-4-7-16(2)15-10/h4-5,7-8,11,14H,3,6H2,1-2H3. The van der Waals surface area contributed by atoms with Crippen molar-refractivity contribution in [2.24, 2.45) is 7.05 Å². The van der Waals surface area contributed by atoms with Crippen LogP contribution < -0.4 is 5.32 Å². The van der Waals surface area contributed by atoms with Crippen molar-refractivity contribution in [2.75, 3.05) is 6.54 Å². The third-order valence-electron chi connectivity index (χ3n) is 2.59. The summed E-state index contributed by atoms with van der Waals surface area (Å²) in [7, 11) is 1.92. The van der Waals surface area contributed by atoms with Gasteiger partial charge in [-0.25, -0.2) is 0 Å². The molecule has 0 bridgehead atoms. The van der Waals surface area contributed by atoms with Gasteiger partial charge in [0, 0.05) is 18.8 Å². The van der Waals surface area contributed by atoms with Crippen molar-refractivity contribution in [2.45, 2.75) is 19.4 Å². The van der Waals surface area contributed by atoms with Gasteiger partial charge in [-0.1, -0.05) is 6.92 Å². The lowest BCUT2D eigenvalue weighted by Gasteiger charge is -2.15. The topological polar surface area (TPSA) is 43.0 Å². The molecule has 2 rings (SSSR count). The van der Waals surface area contributed by atoms with Crippen LogP contribution in [0.3, 0.4) is 0 Å². The maximum Gasteiger partial charge on any atom is 0.174 e. The monoisotopic (exact) mass is 297 g/mol. The molecule has 0 fully saturated rings. The summed E-state index contributed by atoms with van der Waals surface area (Å²) in [6, 6.07) is 4.06. The van der Waals surface area contributed by atoms with Gasteiger partial charge in [0.1, 0.15) is 0 Å². The molecule has 5 heteroatoms. The molecule has 0 spiro atoms. The molecule has 0 saturated heterocycles. The fraction of sp³-hybridized carbons (Fsp3) is 0.417. The lowest BCUT2D eigenvalue weighted by Crippen LogP contribution is -2.23. The first-order valence-electron chi connectivity index (χ1n) is 5.68. The number of nitrogens with one attached hydrogen (secondary N) is 1. The number of furan rings is 1. The first-order valence-corrected chi connectivity index (χ1v) is 6.47. The van der Waals surface area contributed by atoms with E-state index in [2.05, 4.69) is 33.3 Å². The summed E-state index contributed by atoms with van der Waals surface area (Å²) in [4.78, 5) is 0. The van der Waals surface area contributed by atoms with Gasteiger partial charge in [-0.05, 0) is 41.0 Å². The van der Waals surface area contributed by atoms with E-state index >= 15 is 0 Å². The number of rotatable bonds is 5. The molecule has 0 aliphatic carbocycles. The maximum atomic E-state index is 5.30. The van der Waals surface area contributed by atoms with E-state index in [9.17, 15) is 0 Å². The molecular weight excluding hydrogens is 282 g/mol.